The molecule has 9 N–H and O–H groups in total. The van der Waals surface area contributed by atoms with E-state index in [4.69, 9.17) is 10.5 Å². The third-order valence-electron chi connectivity index (χ3n) is 17.0. The summed E-state index contributed by atoms with van der Waals surface area (Å²) in [6.45, 7) is 6.82. The minimum Gasteiger partial charge on any atom is -0.790 e. The molecular formula is C45H70N7O20P3S-4. The van der Waals surface area contributed by atoms with E-state index in [0.717, 1.165) is 67.5 Å². The van der Waals surface area contributed by atoms with Crippen LogP contribution in [0.5, 0.6) is 0 Å². The molecule has 4 saturated carbocycles. The van der Waals surface area contributed by atoms with Crippen molar-refractivity contribution in [1.82, 2.24) is 30.2 Å². The number of hydrogen-bond acceptors (Lipinski definition) is 25. The van der Waals surface area contributed by atoms with Gasteiger partial charge in [-0.1, -0.05) is 46.4 Å². The second-order valence-electron chi connectivity index (χ2n) is 22.3. The molecule has 5 fully saturated rings. The molecule has 18 atom stereocenters. The first kappa shape index (κ1) is 61.1. The minimum absolute atomic E-state index is 0.00239. The van der Waals surface area contributed by atoms with Gasteiger partial charge in [0.2, 0.25) is 11.8 Å². The number of nitrogens with one attached hydrogen (secondary N) is 2. The van der Waals surface area contributed by atoms with Crippen LogP contribution in [0.2, 0.25) is 0 Å². The highest BCUT2D eigenvalue weighted by Gasteiger charge is 2.65. The Kier molecular flexibility index (Phi) is 19.2. The number of thioether (sulfide) groups is 1. The predicted octanol–water partition coefficient (Wildman–Crippen LogP) is -0.486. The molecule has 3 heterocycles. The Hall–Kier alpha value is -2.56. The van der Waals surface area contributed by atoms with Crippen LogP contribution in [0.1, 0.15) is 105 Å². The van der Waals surface area contributed by atoms with Gasteiger partial charge in [-0.2, -0.15) is 0 Å². The largest absolute Gasteiger partial charge is 0.790 e. The lowest BCUT2D eigenvalue weighted by molar-refractivity contribution is -0.347. The summed E-state index contributed by atoms with van der Waals surface area (Å²) < 4.78 is 61.1. The summed E-state index contributed by atoms with van der Waals surface area (Å²) in [5.41, 5.74) is 3.92. The van der Waals surface area contributed by atoms with Crippen LogP contribution in [-0.4, -0.2) is 137 Å². The average molecular weight is 1150 g/mol. The van der Waals surface area contributed by atoms with Crippen LogP contribution in [-0.2, 0) is 50.7 Å². The molecule has 0 bridgehead atoms. The molecule has 2 unspecified atom stereocenters. The number of nitrogens with two attached hydrogens (primary N) is 1. The quantitative estimate of drug-likeness (QED) is 0.0514. The second-order valence-corrected chi connectivity index (χ2v) is 27.5. The second kappa shape index (κ2) is 23.9. The highest BCUT2D eigenvalue weighted by molar-refractivity contribution is 8.13. The monoisotopic (exact) mass is 1150 g/mol. The van der Waals surface area contributed by atoms with E-state index in [1.54, 1.807) is 0 Å². The fourth-order valence-corrected chi connectivity index (χ4v) is 16.5. The molecule has 0 radical (unpaired) electrons. The molecule has 1 saturated heterocycles. The maximum absolute atomic E-state index is 13.0. The molecule has 2 amide bonds. The van der Waals surface area contributed by atoms with Gasteiger partial charge in [0.25, 0.3) is 15.6 Å². The number of aliphatic hydroxyl groups is 5. The Morgan fingerprint density at radius 1 is 0.908 bits per heavy atom. The van der Waals surface area contributed by atoms with Gasteiger partial charge in [-0.15, -0.1) is 0 Å². The number of amides is 2. The lowest BCUT2D eigenvalue weighted by Crippen LogP contribution is -2.64. The van der Waals surface area contributed by atoms with Gasteiger partial charge in [0, 0.05) is 37.1 Å². The van der Waals surface area contributed by atoms with Gasteiger partial charge in [0.15, 0.2) is 22.8 Å². The first-order valence-electron chi connectivity index (χ1n) is 25.4. The van der Waals surface area contributed by atoms with E-state index in [1.165, 1.54) is 13.8 Å². The zero-order valence-corrected chi connectivity index (χ0v) is 46.3. The summed E-state index contributed by atoms with van der Waals surface area (Å²) in [5, 5.41) is 60.0. The van der Waals surface area contributed by atoms with E-state index >= 15 is 0 Å². The number of aromatic nitrogens is 4. The Balaban J connectivity index is 0.781. The van der Waals surface area contributed by atoms with Gasteiger partial charge >= 0.3 is 0 Å². The lowest BCUT2D eigenvalue weighted by atomic mass is 9.43. The summed E-state index contributed by atoms with van der Waals surface area (Å²) in [7, 11) is -17.7. The number of phosphoric ester groups is 3. The van der Waals surface area contributed by atoms with Crippen LogP contribution in [0.15, 0.2) is 12.7 Å². The number of ether oxygens (including phenoxy) is 1. The Morgan fingerprint density at radius 2 is 1.59 bits per heavy atom. The van der Waals surface area contributed by atoms with Crippen molar-refractivity contribution < 1.29 is 95.8 Å². The molecule has 0 aromatic carbocycles. The number of rotatable bonds is 23. The number of carbonyl (C=O) groups excluding carboxylic acids is 3. The minimum atomic E-state index is -5.95. The van der Waals surface area contributed by atoms with Crippen molar-refractivity contribution in [2.24, 2.45) is 51.8 Å². The van der Waals surface area contributed by atoms with Gasteiger partial charge < -0.3 is 84.3 Å². The number of aliphatic hydroxyl groups excluding tert-OH is 5. The molecule has 1 aliphatic heterocycles. The van der Waals surface area contributed by atoms with Crippen LogP contribution in [0.25, 0.3) is 11.2 Å². The number of carbonyl (C=O) groups is 3. The third kappa shape index (κ3) is 13.6. The highest BCUT2D eigenvalue weighted by atomic mass is 32.2. The first-order chi connectivity index (χ1) is 35.4. The summed E-state index contributed by atoms with van der Waals surface area (Å²) in [6, 6.07) is 0. The number of fused-ring (bicyclic) bond motifs is 6. The van der Waals surface area contributed by atoms with Crippen LogP contribution in [0.4, 0.5) is 5.82 Å². The topological polar surface area (TPSA) is 436 Å². The van der Waals surface area contributed by atoms with Gasteiger partial charge in [0.05, 0.1) is 45.7 Å². The van der Waals surface area contributed by atoms with E-state index in [9.17, 15) is 73.2 Å². The third-order valence-corrected chi connectivity index (χ3v) is 21.0. The van der Waals surface area contributed by atoms with Crippen molar-refractivity contribution in [2.45, 2.75) is 148 Å². The summed E-state index contributed by atoms with van der Waals surface area (Å²) >= 11 is 1.11. The van der Waals surface area contributed by atoms with E-state index in [1.807, 2.05) is 0 Å². The fourth-order valence-electron chi connectivity index (χ4n) is 13.1. The molecule has 31 heteroatoms. The van der Waals surface area contributed by atoms with E-state index < -0.39 is 103 Å². The number of nitrogen functional groups attached to an aromatic ring is 1. The van der Waals surface area contributed by atoms with Crippen molar-refractivity contribution >= 4 is 69.1 Å². The van der Waals surface area contributed by atoms with Crippen LogP contribution >= 0.6 is 35.2 Å². The van der Waals surface area contributed by atoms with Crippen LogP contribution < -0.4 is 35.9 Å². The molecule has 27 nitrogen and oxygen atoms in total. The van der Waals surface area contributed by atoms with Gasteiger partial charge in [-0.05, 0) is 97.7 Å². The summed E-state index contributed by atoms with van der Waals surface area (Å²) in [6.07, 6.45) is -2.68. The number of imidazole rings is 1. The maximum atomic E-state index is 13.0. The fraction of sp³-hybridized carbons (Fsp3) is 0.822. The maximum Gasteiger partial charge on any atom is 0.274 e. The van der Waals surface area contributed by atoms with Gasteiger partial charge in [-0.25, -0.2) is 19.3 Å². The predicted molar refractivity (Wildman–Crippen MR) is 261 cm³/mol. The van der Waals surface area contributed by atoms with Crippen molar-refractivity contribution in [1.29, 1.82) is 0 Å². The zero-order valence-electron chi connectivity index (χ0n) is 42.8. The van der Waals surface area contributed by atoms with Gasteiger partial charge in [-0.3, -0.25) is 28.1 Å². The van der Waals surface area contributed by atoms with Gasteiger partial charge in [0.1, 0.15) is 36.3 Å². The Bertz CT molecular complexity index is 2560. The van der Waals surface area contributed by atoms with Crippen molar-refractivity contribution in [3.8, 4) is 0 Å². The molecule has 0 spiro atoms. The Morgan fingerprint density at radius 3 is 2.30 bits per heavy atom. The number of hydrogen-bond donors (Lipinski definition) is 8. The van der Waals surface area contributed by atoms with Crippen molar-refractivity contribution in [3.63, 3.8) is 0 Å². The van der Waals surface area contributed by atoms with E-state index in [0.29, 0.717) is 36.9 Å². The first-order valence-corrected chi connectivity index (χ1v) is 30.8. The molecule has 2 aromatic rings. The SMILES string of the molecule is C[C@H](CCC(=O)SCCNC(=O)CCNC(=O)[C@H](O)C(C)(C)COP(=O)([O-])OP(=O)([O-])OC[C@H]1O[C@@H](n2cnc3c(N)ncnc32)[C@H](O)[C@@H]1OP(=O)([O-])[O-])[C@H]1CC[C@H]2[C@@H]3[C@@H](O)[C@@H](O)[C@@H]4C[C@H](O)CC[C@]4(C)[C@H]3CC[C@]12C. The lowest BCUT2D eigenvalue weighted by Gasteiger charge is -2.63. The molecular weight excluding hydrogens is 1080 g/mol. The highest BCUT2D eigenvalue weighted by Crippen LogP contribution is 2.68. The molecule has 5 aliphatic rings. The van der Waals surface area contributed by atoms with E-state index in [-0.39, 0.29) is 76.1 Å². The molecule has 7 rings (SSSR count). The Labute approximate surface area is 443 Å². The van der Waals surface area contributed by atoms with Crippen LogP contribution in [0, 0.1) is 51.8 Å². The number of nitrogens with zero attached hydrogens (tertiary/aromatic N) is 4. The summed E-state index contributed by atoms with van der Waals surface area (Å²) in [4.78, 5) is 98.3. The molecule has 430 valence electrons. The normalized spacial score (nSPS) is 35.0. The molecule has 2 aromatic heterocycles. The zero-order chi connectivity index (χ0) is 55.9. The van der Waals surface area contributed by atoms with Crippen LogP contribution in [0.3, 0.4) is 0 Å². The average Bonchev–Trinajstić information content (AvgIpc) is 4.02. The number of phosphoric acid groups is 3. The van der Waals surface area contributed by atoms with E-state index in [2.05, 4.69) is 64.2 Å². The smallest absolute Gasteiger partial charge is 0.274 e. The standard InChI is InChI=1S/C45H74N7O20P3S/c1-23(25-7-8-26-32-27(11-14-44(25,26)4)45(5)13-10-24(53)18-28(45)34(56)35(32)57)6-9-31(55)76-17-16-47-30(54)12-15-48-41(60)38(59)43(2,3)20-69-75(66,67)72-74(64,65)68-19-29-37(71-73(61,62)63)36(58)42(70-29)52-22-51-33-39(46)49-21-50-40(33)52/h21-29,32,34-38,42,53,56-59H,6-20H2,1-5H3,(H,47,54)(H,48,60)(H,64,65)(H,66,67)(H2,46,49,50)(H2,61,62,63)/p-4/t23-,24-,25-,26+,27+,28+,29-,32+,34+,35-,36-,37-,38+,42-,44-,45-/m1/s1. The summed E-state index contributed by atoms with van der Waals surface area (Å²) in [5.74, 6) is -0.181. The molecule has 76 heavy (non-hydrogen) atoms. The van der Waals surface area contributed by atoms with Crippen molar-refractivity contribution in [2.75, 3.05) is 37.8 Å². The molecule has 4 aliphatic carbocycles. The number of anilines is 1. The van der Waals surface area contributed by atoms with Crippen molar-refractivity contribution in [3.05, 3.63) is 12.7 Å².